The molecule has 0 N–H and O–H groups in total. The van der Waals surface area contributed by atoms with Crippen molar-refractivity contribution in [1.82, 2.24) is 4.90 Å². The summed E-state index contributed by atoms with van der Waals surface area (Å²) in [5, 5.41) is 0. The molecule has 0 amide bonds. The van der Waals surface area contributed by atoms with Gasteiger partial charge in [-0.1, -0.05) is 6.92 Å². The maximum Gasteiger partial charge on any atom is 0.115 e. The summed E-state index contributed by atoms with van der Waals surface area (Å²) in [5.41, 5.74) is 0. The first-order chi connectivity index (χ1) is 5.11. The van der Waals surface area contributed by atoms with Gasteiger partial charge in [0.2, 0.25) is 0 Å². The largest absolute Gasteiger partial charge is 0.298 e. The molecule has 1 heterocycles. The van der Waals surface area contributed by atoms with Crippen molar-refractivity contribution < 1.29 is 4.39 Å². The number of nitrogens with zero attached hydrogens (tertiary/aromatic N) is 1. The second-order valence-electron chi connectivity index (χ2n) is 3.87. The molecule has 0 radical (unpaired) electrons. The Bertz CT molecular complexity index is 125. The number of hydrogen-bond acceptors (Lipinski definition) is 1. The fourth-order valence-electron chi connectivity index (χ4n) is 1.51. The third kappa shape index (κ3) is 2.16. The Hall–Kier alpha value is -0.110. The molecule has 1 rings (SSSR count). The number of hydrogen-bond donors (Lipinski definition) is 0. The van der Waals surface area contributed by atoms with Crippen molar-refractivity contribution in [3.8, 4) is 0 Å². The van der Waals surface area contributed by atoms with Crippen LogP contribution in [0, 0.1) is 5.92 Å². The molecule has 0 spiro atoms. The SMILES string of the molecule is CC1CCN(C(C)C)CC1F. The molecule has 1 nitrogen and oxygen atoms in total. The number of alkyl halides is 1. The van der Waals surface area contributed by atoms with Crippen LogP contribution in [0.15, 0.2) is 0 Å². The van der Waals surface area contributed by atoms with Crippen LogP contribution in [-0.4, -0.2) is 30.2 Å². The molecule has 1 aliphatic heterocycles. The fraction of sp³-hybridized carbons (Fsp3) is 1.00. The zero-order valence-corrected chi connectivity index (χ0v) is 7.68. The summed E-state index contributed by atoms with van der Waals surface area (Å²) >= 11 is 0. The van der Waals surface area contributed by atoms with Gasteiger partial charge in [0.15, 0.2) is 0 Å². The van der Waals surface area contributed by atoms with Gasteiger partial charge in [-0.2, -0.15) is 0 Å². The zero-order valence-electron chi connectivity index (χ0n) is 7.68. The Balaban J connectivity index is 2.40. The number of likely N-dealkylation sites (tertiary alicyclic amines) is 1. The summed E-state index contributed by atoms with van der Waals surface area (Å²) in [7, 11) is 0. The smallest absolute Gasteiger partial charge is 0.115 e. The molecular weight excluding hydrogens is 141 g/mol. The average molecular weight is 159 g/mol. The zero-order chi connectivity index (χ0) is 8.43. The van der Waals surface area contributed by atoms with E-state index in [-0.39, 0.29) is 5.92 Å². The molecule has 1 fully saturated rings. The monoisotopic (exact) mass is 159 g/mol. The van der Waals surface area contributed by atoms with Gasteiger partial charge in [0.25, 0.3) is 0 Å². The summed E-state index contributed by atoms with van der Waals surface area (Å²) in [6.45, 7) is 7.96. The highest BCUT2D eigenvalue weighted by molar-refractivity contribution is 4.79. The van der Waals surface area contributed by atoms with Crippen LogP contribution in [0.25, 0.3) is 0 Å². The molecule has 0 saturated carbocycles. The Morgan fingerprint density at radius 3 is 2.55 bits per heavy atom. The fourth-order valence-corrected chi connectivity index (χ4v) is 1.51. The lowest BCUT2D eigenvalue weighted by atomic mass is 9.96. The van der Waals surface area contributed by atoms with Gasteiger partial charge < -0.3 is 0 Å². The third-order valence-electron chi connectivity index (χ3n) is 2.63. The molecule has 0 bridgehead atoms. The average Bonchev–Trinajstić information content (AvgIpc) is 1.94. The molecule has 2 heteroatoms. The van der Waals surface area contributed by atoms with Crippen molar-refractivity contribution in [3.63, 3.8) is 0 Å². The Kier molecular flexibility index (Phi) is 2.88. The molecule has 2 unspecified atom stereocenters. The van der Waals surface area contributed by atoms with Crippen LogP contribution in [0.3, 0.4) is 0 Å². The molecule has 0 aromatic rings. The Labute approximate surface area is 68.6 Å². The maximum absolute atomic E-state index is 13.1. The van der Waals surface area contributed by atoms with Crippen molar-refractivity contribution in [2.75, 3.05) is 13.1 Å². The highest BCUT2D eigenvalue weighted by Gasteiger charge is 2.26. The lowest BCUT2D eigenvalue weighted by molar-refractivity contribution is 0.0730. The minimum Gasteiger partial charge on any atom is -0.298 e. The normalized spacial score (nSPS) is 34.6. The molecule has 11 heavy (non-hydrogen) atoms. The molecule has 66 valence electrons. The lowest BCUT2D eigenvalue weighted by Gasteiger charge is -2.35. The quantitative estimate of drug-likeness (QED) is 0.566. The topological polar surface area (TPSA) is 3.24 Å². The number of halogens is 1. The Morgan fingerprint density at radius 1 is 1.45 bits per heavy atom. The van der Waals surface area contributed by atoms with E-state index in [9.17, 15) is 4.39 Å². The van der Waals surface area contributed by atoms with Crippen LogP contribution in [0.5, 0.6) is 0 Å². The minimum absolute atomic E-state index is 0.269. The van der Waals surface area contributed by atoms with E-state index < -0.39 is 6.17 Å². The van der Waals surface area contributed by atoms with E-state index in [1.165, 1.54) is 0 Å². The minimum atomic E-state index is -0.605. The molecule has 1 saturated heterocycles. The van der Waals surface area contributed by atoms with Crippen LogP contribution >= 0.6 is 0 Å². The van der Waals surface area contributed by atoms with E-state index >= 15 is 0 Å². The molecular formula is C9H18FN. The van der Waals surface area contributed by atoms with Crippen molar-refractivity contribution in [2.24, 2.45) is 5.92 Å². The van der Waals surface area contributed by atoms with Gasteiger partial charge in [-0.25, -0.2) is 4.39 Å². The first-order valence-corrected chi connectivity index (χ1v) is 4.49. The number of piperidine rings is 1. The molecule has 2 atom stereocenters. The third-order valence-corrected chi connectivity index (χ3v) is 2.63. The van der Waals surface area contributed by atoms with Gasteiger partial charge in [-0.05, 0) is 32.7 Å². The van der Waals surface area contributed by atoms with Crippen LogP contribution in [0.2, 0.25) is 0 Å². The highest BCUT2D eigenvalue weighted by Crippen LogP contribution is 2.20. The maximum atomic E-state index is 13.1. The van der Waals surface area contributed by atoms with Gasteiger partial charge in [0.05, 0.1) is 0 Å². The number of rotatable bonds is 1. The van der Waals surface area contributed by atoms with E-state index in [1.54, 1.807) is 0 Å². The summed E-state index contributed by atoms with van der Waals surface area (Å²) in [4.78, 5) is 2.21. The summed E-state index contributed by atoms with van der Waals surface area (Å²) in [6.07, 6.45) is 0.408. The second kappa shape index (κ2) is 3.53. The van der Waals surface area contributed by atoms with Crippen molar-refractivity contribution >= 4 is 0 Å². The summed E-state index contributed by atoms with van der Waals surface area (Å²) in [5.74, 6) is 0.269. The molecule has 1 aliphatic rings. The van der Waals surface area contributed by atoms with E-state index in [4.69, 9.17) is 0 Å². The van der Waals surface area contributed by atoms with Crippen molar-refractivity contribution in [1.29, 1.82) is 0 Å². The van der Waals surface area contributed by atoms with Gasteiger partial charge in [-0.15, -0.1) is 0 Å². The summed E-state index contributed by atoms with van der Waals surface area (Å²) < 4.78 is 13.1. The second-order valence-corrected chi connectivity index (χ2v) is 3.87. The van der Waals surface area contributed by atoms with Gasteiger partial charge >= 0.3 is 0 Å². The molecule has 0 aromatic heterocycles. The summed E-state index contributed by atoms with van der Waals surface area (Å²) in [6, 6.07) is 0.501. The predicted octanol–water partition coefficient (Wildman–Crippen LogP) is 2.07. The lowest BCUT2D eigenvalue weighted by Crippen LogP contribution is -2.44. The molecule has 0 aliphatic carbocycles. The highest BCUT2D eigenvalue weighted by atomic mass is 19.1. The van der Waals surface area contributed by atoms with Crippen LogP contribution < -0.4 is 0 Å². The van der Waals surface area contributed by atoms with Gasteiger partial charge in [0, 0.05) is 12.6 Å². The first kappa shape index (κ1) is 8.98. The molecule has 0 aromatic carbocycles. The van der Waals surface area contributed by atoms with Crippen LogP contribution in [0.1, 0.15) is 27.2 Å². The van der Waals surface area contributed by atoms with E-state index in [0.29, 0.717) is 12.6 Å². The van der Waals surface area contributed by atoms with Gasteiger partial charge in [-0.3, -0.25) is 4.90 Å². The van der Waals surface area contributed by atoms with E-state index in [1.807, 2.05) is 6.92 Å². The van der Waals surface area contributed by atoms with Crippen molar-refractivity contribution in [3.05, 3.63) is 0 Å². The van der Waals surface area contributed by atoms with E-state index in [0.717, 1.165) is 13.0 Å². The standard InChI is InChI=1S/C9H18FN/c1-7(2)11-5-4-8(3)9(10)6-11/h7-9H,4-6H2,1-3H3. The predicted molar refractivity (Wildman–Crippen MR) is 45.4 cm³/mol. The first-order valence-electron chi connectivity index (χ1n) is 4.49. The van der Waals surface area contributed by atoms with E-state index in [2.05, 4.69) is 18.7 Å². The van der Waals surface area contributed by atoms with Gasteiger partial charge in [0.1, 0.15) is 6.17 Å². The van der Waals surface area contributed by atoms with Crippen LogP contribution in [0.4, 0.5) is 4.39 Å². The van der Waals surface area contributed by atoms with Crippen molar-refractivity contribution in [2.45, 2.75) is 39.4 Å². The van der Waals surface area contributed by atoms with Crippen LogP contribution in [-0.2, 0) is 0 Å². The Morgan fingerprint density at radius 2 is 2.09 bits per heavy atom.